The number of carbonyl (C=O) groups excluding carboxylic acids is 2. The van der Waals surface area contributed by atoms with Gasteiger partial charge in [-0.2, -0.15) is 18.3 Å². The van der Waals surface area contributed by atoms with E-state index in [-0.39, 0.29) is 18.2 Å². The van der Waals surface area contributed by atoms with Crippen LogP contribution in [0.25, 0.3) is 0 Å². The average molecular weight is 393 g/mol. The predicted molar refractivity (Wildman–Crippen MR) is 95.0 cm³/mol. The van der Waals surface area contributed by atoms with Crippen molar-refractivity contribution < 1.29 is 22.8 Å². The molecule has 0 aliphatic carbocycles. The van der Waals surface area contributed by atoms with Crippen LogP contribution in [0, 0.1) is 0 Å². The van der Waals surface area contributed by atoms with Crippen molar-refractivity contribution in [1.82, 2.24) is 9.78 Å². The van der Waals surface area contributed by atoms with Gasteiger partial charge in [-0.05, 0) is 54.3 Å². The lowest BCUT2D eigenvalue weighted by atomic mass is 10.1. The van der Waals surface area contributed by atoms with Gasteiger partial charge in [-0.1, -0.05) is 0 Å². The van der Waals surface area contributed by atoms with Crippen LogP contribution in [-0.2, 0) is 12.7 Å². The maximum atomic E-state index is 12.6. The Morgan fingerprint density at radius 1 is 1.19 bits per heavy atom. The highest BCUT2D eigenvalue weighted by Gasteiger charge is 2.33. The lowest BCUT2D eigenvalue weighted by molar-refractivity contribution is -0.141. The summed E-state index contributed by atoms with van der Waals surface area (Å²) in [5.74, 6) is -0.402. The molecule has 0 saturated heterocycles. The molecular weight excluding hydrogens is 379 g/mol. The van der Waals surface area contributed by atoms with Crippen LogP contribution in [0.2, 0.25) is 0 Å². The topological polar surface area (TPSA) is 64.0 Å². The largest absolute Gasteiger partial charge is 0.435 e. The second-order valence-corrected chi connectivity index (χ2v) is 6.71. The van der Waals surface area contributed by atoms with Crippen molar-refractivity contribution in [2.24, 2.45) is 0 Å². The number of amides is 1. The first-order valence-electron chi connectivity index (χ1n) is 7.83. The van der Waals surface area contributed by atoms with E-state index >= 15 is 0 Å². The van der Waals surface area contributed by atoms with E-state index in [9.17, 15) is 22.8 Å². The van der Waals surface area contributed by atoms with Gasteiger partial charge in [0, 0.05) is 17.4 Å². The number of hydrogen-bond donors (Lipinski definition) is 1. The summed E-state index contributed by atoms with van der Waals surface area (Å²) >= 11 is 1.19. The van der Waals surface area contributed by atoms with Crippen molar-refractivity contribution in [3.8, 4) is 0 Å². The van der Waals surface area contributed by atoms with Crippen molar-refractivity contribution in [2.45, 2.75) is 19.6 Å². The fourth-order valence-corrected chi connectivity index (χ4v) is 3.14. The van der Waals surface area contributed by atoms with E-state index in [0.29, 0.717) is 21.7 Å². The normalized spacial score (nSPS) is 11.4. The zero-order chi connectivity index (χ0) is 19.6. The fraction of sp³-hybridized carbons (Fsp3) is 0.167. The Bertz CT molecular complexity index is 974. The van der Waals surface area contributed by atoms with E-state index in [2.05, 4.69) is 10.4 Å². The number of thiophene rings is 1. The molecule has 0 saturated carbocycles. The molecule has 0 spiro atoms. The standard InChI is InChI=1S/C18H14F3N3O2S/c1-11(25)13-2-4-14(5-3-13)22-17(26)15-8-12(10-27-15)9-24-7-6-16(23-24)18(19,20)21/h2-8,10H,9H2,1H3,(H,22,26). The first-order valence-corrected chi connectivity index (χ1v) is 8.71. The number of alkyl halides is 3. The highest BCUT2D eigenvalue weighted by molar-refractivity contribution is 7.12. The van der Waals surface area contributed by atoms with Gasteiger partial charge in [-0.25, -0.2) is 0 Å². The fourth-order valence-electron chi connectivity index (χ4n) is 2.35. The first kappa shape index (κ1) is 18.8. The van der Waals surface area contributed by atoms with E-state index in [0.717, 1.165) is 6.07 Å². The van der Waals surface area contributed by atoms with Gasteiger partial charge < -0.3 is 5.32 Å². The third-order valence-electron chi connectivity index (χ3n) is 3.70. The van der Waals surface area contributed by atoms with Gasteiger partial charge in [0.15, 0.2) is 11.5 Å². The number of rotatable bonds is 5. The zero-order valence-electron chi connectivity index (χ0n) is 14.1. The minimum atomic E-state index is -4.48. The van der Waals surface area contributed by atoms with Crippen LogP contribution in [0.5, 0.6) is 0 Å². The van der Waals surface area contributed by atoms with E-state index in [1.165, 1.54) is 29.1 Å². The summed E-state index contributed by atoms with van der Waals surface area (Å²) in [4.78, 5) is 24.0. The molecule has 0 atom stereocenters. The molecule has 1 N–H and O–H groups in total. The highest BCUT2D eigenvalue weighted by Crippen LogP contribution is 2.27. The lowest BCUT2D eigenvalue weighted by Crippen LogP contribution is -2.10. The van der Waals surface area contributed by atoms with Crippen LogP contribution in [0.4, 0.5) is 18.9 Å². The van der Waals surface area contributed by atoms with Gasteiger partial charge in [0.25, 0.3) is 5.91 Å². The van der Waals surface area contributed by atoms with Gasteiger partial charge in [0.1, 0.15) is 0 Å². The van der Waals surface area contributed by atoms with Crippen LogP contribution in [0.15, 0.2) is 48.0 Å². The first-order chi connectivity index (χ1) is 12.7. The number of nitrogens with one attached hydrogen (secondary N) is 1. The number of Topliss-reactive ketones (excluding diaryl/α,β-unsaturated/α-hetero) is 1. The smallest absolute Gasteiger partial charge is 0.321 e. The number of nitrogens with zero attached hydrogens (tertiary/aromatic N) is 2. The van der Waals surface area contributed by atoms with Gasteiger partial charge in [-0.15, -0.1) is 11.3 Å². The maximum absolute atomic E-state index is 12.6. The molecule has 1 aromatic carbocycles. The van der Waals surface area contributed by atoms with Crippen LogP contribution in [-0.4, -0.2) is 21.5 Å². The Hall–Kier alpha value is -2.94. The molecule has 1 amide bonds. The summed E-state index contributed by atoms with van der Waals surface area (Å²) in [5.41, 5.74) is 0.810. The minimum Gasteiger partial charge on any atom is -0.321 e. The number of hydrogen-bond acceptors (Lipinski definition) is 4. The number of anilines is 1. The molecule has 2 heterocycles. The summed E-state index contributed by atoms with van der Waals surface area (Å²) < 4.78 is 38.9. The third kappa shape index (κ3) is 4.62. The predicted octanol–water partition coefficient (Wildman–Crippen LogP) is 4.47. The molecule has 3 rings (SSSR count). The Morgan fingerprint density at radius 2 is 1.89 bits per heavy atom. The maximum Gasteiger partial charge on any atom is 0.435 e. The SMILES string of the molecule is CC(=O)c1ccc(NC(=O)c2cc(Cn3ccc(C(F)(F)F)n3)cs2)cc1. The number of ketones is 1. The van der Waals surface area contributed by atoms with Gasteiger partial charge >= 0.3 is 6.18 Å². The minimum absolute atomic E-state index is 0.0666. The number of aromatic nitrogens is 2. The molecule has 140 valence electrons. The van der Waals surface area contributed by atoms with Gasteiger partial charge in [0.05, 0.1) is 11.4 Å². The Labute approximate surface area is 156 Å². The number of halogens is 3. The summed E-state index contributed by atoms with van der Waals surface area (Å²) in [6, 6.07) is 9.02. The van der Waals surface area contributed by atoms with Crippen molar-refractivity contribution in [1.29, 1.82) is 0 Å². The Morgan fingerprint density at radius 3 is 2.48 bits per heavy atom. The molecule has 0 radical (unpaired) electrons. The molecule has 0 bridgehead atoms. The quantitative estimate of drug-likeness (QED) is 0.651. The third-order valence-corrected chi connectivity index (χ3v) is 4.68. The summed E-state index contributed by atoms with van der Waals surface area (Å²) in [6.07, 6.45) is -3.24. The van der Waals surface area contributed by atoms with E-state index in [1.54, 1.807) is 35.7 Å². The Balaban J connectivity index is 1.65. The summed E-state index contributed by atoms with van der Waals surface area (Å²) in [5, 5.41) is 7.90. The molecular formula is C18H14F3N3O2S. The van der Waals surface area contributed by atoms with E-state index < -0.39 is 11.9 Å². The monoisotopic (exact) mass is 393 g/mol. The van der Waals surface area contributed by atoms with Crippen LogP contribution in [0.1, 0.15) is 38.2 Å². The highest BCUT2D eigenvalue weighted by atomic mass is 32.1. The molecule has 2 aromatic heterocycles. The van der Waals surface area contributed by atoms with Crippen molar-refractivity contribution >= 4 is 28.7 Å². The van der Waals surface area contributed by atoms with Crippen molar-refractivity contribution in [3.63, 3.8) is 0 Å². The molecule has 0 aliphatic heterocycles. The summed E-state index contributed by atoms with van der Waals surface area (Å²) in [6.45, 7) is 1.59. The Kier molecular flexibility index (Phi) is 5.13. The van der Waals surface area contributed by atoms with Gasteiger partial charge in [0.2, 0.25) is 0 Å². The second kappa shape index (κ2) is 7.36. The van der Waals surface area contributed by atoms with Crippen LogP contribution in [0.3, 0.4) is 0 Å². The zero-order valence-corrected chi connectivity index (χ0v) is 14.9. The van der Waals surface area contributed by atoms with Crippen molar-refractivity contribution in [2.75, 3.05) is 5.32 Å². The molecule has 0 unspecified atom stereocenters. The van der Waals surface area contributed by atoms with E-state index in [4.69, 9.17) is 0 Å². The second-order valence-electron chi connectivity index (χ2n) is 5.80. The summed E-state index contributed by atoms with van der Waals surface area (Å²) in [7, 11) is 0. The number of carbonyl (C=O) groups is 2. The van der Waals surface area contributed by atoms with Gasteiger partial charge in [-0.3, -0.25) is 14.3 Å². The molecule has 0 fully saturated rings. The lowest BCUT2D eigenvalue weighted by Gasteiger charge is -2.04. The molecule has 3 aromatic rings. The molecule has 0 aliphatic rings. The van der Waals surface area contributed by atoms with E-state index in [1.807, 2.05) is 0 Å². The molecule has 5 nitrogen and oxygen atoms in total. The average Bonchev–Trinajstić information content (AvgIpc) is 3.25. The molecule has 27 heavy (non-hydrogen) atoms. The van der Waals surface area contributed by atoms with Crippen molar-refractivity contribution in [3.05, 3.63) is 69.7 Å². The molecule has 9 heteroatoms. The van der Waals surface area contributed by atoms with Crippen LogP contribution < -0.4 is 5.32 Å². The van der Waals surface area contributed by atoms with Crippen LogP contribution >= 0.6 is 11.3 Å². The number of benzene rings is 1.